The Hall–Kier alpha value is -1.83. The summed E-state index contributed by atoms with van der Waals surface area (Å²) in [7, 11) is 0. The van der Waals surface area contributed by atoms with E-state index in [-0.39, 0.29) is 5.97 Å². The third kappa shape index (κ3) is 20.9. The first-order valence-electron chi connectivity index (χ1n) is 12.2. The standard InChI is InChI=1S/C28H46O2/c1-4-7-9-10-11-12-13-14-15-16-17-18-19-20-21-22-23-25-28(29)30-26-27(6-3)24-8-5-2/h15-23,25,27H,4-14,24,26H2,1-3H3. The van der Waals surface area contributed by atoms with Crippen molar-refractivity contribution in [1.82, 2.24) is 0 Å². The van der Waals surface area contributed by atoms with Crippen LogP contribution in [0.3, 0.4) is 0 Å². The van der Waals surface area contributed by atoms with Gasteiger partial charge in [0.25, 0.3) is 0 Å². The molecule has 2 nitrogen and oxygen atoms in total. The van der Waals surface area contributed by atoms with Crippen LogP contribution in [0.2, 0.25) is 0 Å². The fourth-order valence-electron chi connectivity index (χ4n) is 3.06. The SMILES string of the molecule is CCCCCCCCCC=CC=CC=CC=CC=CC(=O)OCC(CC)CCCC. The molecule has 0 N–H and O–H groups in total. The van der Waals surface area contributed by atoms with Crippen molar-refractivity contribution in [2.24, 2.45) is 5.92 Å². The number of unbranched alkanes of at least 4 members (excludes halogenated alkanes) is 8. The summed E-state index contributed by atoms with van der Waals surface area (Å²) in [5.74, 6) is 0.224. The van der Waals surface area contributed by atoms with E-state index >= 15 is 0 Å². The number of hydrogen-bond donors (Lipinski definition) is 0. The highest BCUT2D eigenvalue weighted by molar-refractivity contribution is 5.82. The molecule has 0 aromatic heterocycles. The van der Waals surface area contributed by atoms with E-state index in [0.29, 0.717) is 12.5 Å². The Bertz CT molecular complexity index is 523. The van der Waals surface area contributed by atoms with Crippen molar-refractivity contribution in [3.8, 4) is 0 Å². The molecule has 0 aliphatic heterocycles. The Morgan fingerprint density at radius 1 is 0.700 bits per heavy atom. The second kappa shape index (κ2) is 23.4. The molecule has 0 spiro atoms. The fourth-order valence-corrected chi connectivity index (χ4v) is 3.06. The lowest BCUT2D eigenvalue weighted by atomic mass is 10.0. The van der Waals surface area contributed by atoms with E-state index in [4.69, 9.17) is 4.74 Å². The quantitative estimate of drug-likeness (QED) is 0.0914. The summed E-state index contributed by atoms with van der Waals surface area (Å²) in [5.41, 5.74) is 0. The zero-order chi connectivity index (χ0) is 22.1. The molecule has 30 heavy (non-hydrogen) atoms. The number of ether oxygens (including phenoxy) is 1. The number of hydrogen-bond acceptors (Lipinski definition) is 2. The van der Waals surface area contributed by atoms with Crippen LogP contribution >= 0.6 is 0 Å². The average Bonchev–Trinajstić information content (AvgIpc) is 2.76. The maximum Gasteiger partial charge on any atom is 0.330 e. The molecule has 1 atom stereocenters. The molecule has 0 saturated carbocycles. The van der Waals surface area contributed by atoms with Crippen LogP contribution in [0.5, 0.6) is 0 Å². The second-order valence-corrected chi connectivity index (χ2v) is 7.90. The third-order valence-corrected chi connectivity index (χ3v) is 5.13. The van der Waals surface area contributed by atoms with Gasteiger partial charge in [-0.25, -0.2) is 4.79 Å². The van der Waals surface area contributed by atoms with Gasteiger partial charge < -0.3 is 4.74 Å². The monoisotopic (exact) mass is 414 g/mol. The van der Waals surface area contributed by atoms with Crippen LogP contribution in [-0.4, -0.2) is 12.6 Å². The Kier molecular flexibility index (Phi) is 22.0. The predicted octanol–water partition coefficient (Wildman–Crippen LogP) is 8.67. The molecule has 170 valence electrons. The lowest BCUT2D eigenvalue weighted by Gasteiger charge is -2.13. The topological polar surface area (TPSA) is 26.3 Å². The van der Waals surface area contributed by atoms with Crippen LogP contribution < -0.4 is 0 Å². The van der Waals surface area contributed by atoms with Crippen molar-refractivity contribution in [3.63, 3.8) is 0 Å². The number of esters is 1. The van der Waals surface area contributed by atoms with Crippen LogP contribution in [0.4, 0.5) is 0 Å². The van der Waals surface area contributed by atoms with E-state index in [2.05, 4.69) is 39.0 Å². The molecule has 2 heteroatoms. The smallest absolute Gasteiger partial charge is 0.330 e. The Labute approximate surface area is 186 Å². The van der Waals surface area contributed by atoms with Crippen molar-refractivity contribution < 1.29 is 9.53 Å². The maximum atomic E-state index is 11.7. The van der Waals surface area contributed by atoms with Crippen LogP contribution in [0, 0.1) is 5.92 Å². The summed E-state index contributed by atoms with van der Waals surface area (Å²) in [4.78, 5) is 11.7. The number of carbonyl (C=O) groups excluding carboxylic acids is 1. The molecular formula is C28H46O2. The molecule has 0 aliphatic carbocycles. The highest BCUT2D eigenvalue weighted by Crippen LogP contribution is 2.13. The van der Waals surface area contributed by atoms with Crippen molar-refractivity contribution >= 4 is 5.97 Å². The minimum atomic E-state index is -0.260. The van der Waals surface area contributed by atoms with Crippen LogP contribution in [0.25, 0.3) is 0 Å². The summed E-state index contributed by atoms with van der Waals surface area (Å²) in [6.07, 6.45) is 34.6. The third-order valence-electron chi connectivity index (χ3n) is 5.13. The maximum absolute atomic E-state index is 11.7. The normalized spacial score (nSPS) is 13.6. The predicted molar refractivity (Wildman–Crippen MR) is 133 cm³/mol. The van der Waals surface area contributed by atoms with E-state index in [1.54, 1.807) is 6.08 Å². The van der Waals surface area contributed by atoms with Crippen molar-refractivity contribution in [1.29, 1.82) is 0 Å². The van der Waals surface area contributed by atoms with E-state index in [1.165, 1.54) is 70.3 Å². The highest BCUT2D eigenvalue weighted by atomic mass is 16.5. The Morgan fingerprint density at radius 2 is 1.27 bits per heavy atom. The van der Waals surface area contributed by atoms with E-state index in [1.807, 2.05) is 30.4 Å². The first-order valence-corrected chi connectivity index (χ1v) is 12.2. The lowest BCUT2D eigenvalue weighted by molar-refractivity contribution is -0.139. The van der Waals surface area contributed by atoms with Gasteiger partial charge in [0, 0.05) is 6.08 Å². The van der Waals surface area contributed by atoms with Gasteiger partial charge in [0.15, 0.2) is 0 Å². The highest BCUT2D eigenvalue weighted by Gasteiger charge is 2.07. The number of carbonyl (C=O) groups is 1. The number of rotatable bonds is 19. The Morgan fingerprint density at radius 3 is 1.90 bits per heavy atom. The zero-order valence-electron chi connectivity index (χ0n) is 19.9. The van der Waals surface area contributed by atoms with Gasteiger partial charge in [-0.05, 0) is 25.2 Å². The molecule has 1 unspecified atom stereocenters. The molecule has 0 radical (unpaired) electrons. The molecule has 0 fully saturated rings. The van der Waals surface area contributed by atoms with Gasteiger partial charge in [-0.15, -0.1) is 0 Å². The minimum Gasteiger partial charge on any atom is -0.462 e. The van der Waals surface area contributed by atoms with Gasteiger partial charge in [-0.1, -0.05) is 133 Å². The van der Waals surface area contributed by atoms with Gasteiger partial charge >= 0.3 is 5.97 Å². The van der Waals surface area contributed by atoms with Gasteiger partial charge in [-0.3, -0.25) is 0 Å². The molecule has 0 bridgehead atoms. The van der Waals surface area contributed by atoms with Gasteiger partial charge in [-0.2, -0.15) is 0 Å². The van der Waals surface area contributed by atoms with Crippen LogP contribution in [0.1, 0.15) is 97.8 Å². The Balaban J connectivity index is 3.77. The summed E-state index contributed by atoms with van der Waals surface area (Å²) in [6.45, 7) is 7.13. The fraction of sp³-hybridized carbons (Fsp3) is 0.607. The minimum absolute atomic E-state index is 0.260. The average molecular weight is 415 g/mol. The van der Waals surface area contributed by atoms with Gasteiger partial charge in [0.2, 0.25) is 0 Å². The first kappa shape index (κ1) is 28.2. The van der Waals surface area contributed by atoms with Crippen molar-refractivity contribution in [3.05, 3.63) is 60.8 Å². The van der Waals surface area contributed by atoms with E-state index in [0.717, 1.165) is 12.8 Å². The van der Waals surface area contributed by atoms with Crippen molar-refractivity contribution in [2.45, 2.75) is 97.8 Å². The summed E-state index contributed by atoms with van der Waals surface area (Å²) in [5, 5.41) is 0. The zero-order valence-corrected chi connectivity index (χ0v) is 19.9. The molecule has 0 aliphatic rings. The number of allylic oxidation sites excluding steroid dienone is 9. The lowest BCUT2D eigenvalue weighted by Crippen LogP contribution is -2.12. The first-order chi connectivity index (χ1) is 14.7. The molecule has 0 amide bonds. The molecular weight excluding hydrogens is 368 g/mol. The van der Waals surface area contributed by atoms with Crippen LogP contribution in [0.15, 0.2) is 60.8 Å². The van der Waals surface area contributed by atoms with E-state index < -0.39 is 0 Å². The summed E-state index contributed by atoms with van der Waals surface area (Å²) >= 11 is 0. The summed E-state index contributed by atoms with van der Waals surface area (Å²) < 4.78 is 5.32. The molecule has 0 aromatic carbocycles. The molecule has 0 heterocycles. The molecule has 0 rings (SSSR count). The van der Waals surface area contributed by atoms with E-state index in [9.17, 15) is 4.79 Å². The molecule has 0 saturated heterocycles. The molecule has 0 aromatic rings. The van der Waals surface area contributed by atoms with Gasteiger partial charge in [0.05, 0.1) is 6.61 Å². The van der Waals surface area contributed by atoms with Crippen molar-refractivity contribution in [2.75, 3.05) is 6.61 Å². The van der Waals surface area contributed by atoms with Gasteiger partial charge in [0.1, 0.15) is 0 Å². The summed E-state index contributed by atoms with van der Waals surface area (Å²) in [6, 6.07) is 0. The largest absolute Gasteiger partial charge is 0.462 e. The van der Waals surface area contributed by atoms with Crippen LogP contribution in [-0.2, 0) is 9.53 Å². The second-order valence-electron chi connectivity index (χ2n) is 7.90.